The maximum Gasteiger partial charge on any atom is 0.164 e. The molecular weight excluding hydrogens is 264 g/mol. The van der Waals surface area contributed by atoms with E-state index in [1.807, 2.05) is 25.1 Å². The van der Waals surface area contributed by atoms with Crippen LogP contribution in [0.1, 0.15) is 16.8 Å². The molecule has 0 radical (unpaired) electrons. The Hall–Kier alpha value is -2.23. The van der Waals surface area contributed by atoms with E-state index >= 15 is 0 Å². The molecule has 1 aliphatic heterocycles. The molecule has 4 heteroatoms. The van der Waals surface area contributed by atoms with Crippen molar-refractivity contribution >= 4 is 5.82 Å². The Morgan fingerprint density at radius 1 is 1.33 bits per heavy atom. The lowest BCUT2D eigenvalue weighted by Crippen LogP contribution is -2.23. The van der Waals surface area contributed by atoms with Gasteiger partial charge in [0.1, 0.15) is 5.82 Å². The third-order valence-corrected chi connectivity index (χ3v) is 3.91. The number of nitrogens with two attached hydrogens (primary N) is 1. The lowest BCUT2D eigenvalue weighted by Gasteiger charge is -2.26. The highest BCUT2D eigenvalue weighted by atomic mass is 16.5. The maximum absolute atomic E-state index is 6.01. The molecule has 1 atom stereocenters. The maximum atomic E-state index is 6.01. The minimum Gasteiger partial charge on any atom is -0.493 e. The highest BCUT2D eigenvalue weighted by molar-refractivity contribution is 5.48. The molecule has 0 saturated carbocycles. The molecule has 2 N–H and O–H groups in total. The standard InChI is InChI=1S/C17H20N2O2/c1-11-6-7-14(17(18)19-11)9-12-8-13-4-3-5-15(20-2)16(13)21-10-12/h3-7,12H,8-10H2,1-2H3,(H2,18,19). The number of methoxy groups -OCH3 is 1. The molecule has 1 aromatic carbocycles. The second-order valence-electron chi connectivity index (χ2n) is 5.53. The van der Waals surface area contributed by atoms with Crippen LogP contribution in [-0.2, 0) is 12.8 Å². The molecule has 110 valence electrons. The van der Waals surface area contributed by atoms with E-state index in [4.69, 9.17) is 15.2 Å². The van der Waals surface area contributed by atoms with Crippen LogP contribution in [0.4, 0.5) is 5.82 Å². The van der Waals surface area contributed by atoms with Gasteiger partial charge < -0.3 is 15.2 Å². The van der Waals surface area contributed by atoms with Gasteiger partial charge in [-0.25, -0.2) is 4.98 Å². The summed E-state index contributed by atoms with van der Waals surface area (Å²) in [7, 11) is 1.67. The van der Waals surface area contributed by atoms with Crippen LogP contribution < -0.4 is 15.2 Å². The van der Waals surface area contributed by atoms with Crippen molar-refractivity contribution in [2.24, 2.45) is 5.92 Å². The zero-order valence-electron chi connectivity index (χ0n) is 12.4. The van der Waals surface area contributed by atoms with Gasteiger partial charge in [-0.3, -0.25) is 0 Å². The fraction of sp³-hybridized carbons (Fsp3) is 0.353. The molecule has 2 heterocycles. The lowest BCUT2D eigenvalue weighted by molar-refractivity contribution is 0.211. The smallest absolute Gasteiger partial charge is 0.164 e. The Morgan fingerprint density at radius 3 is 2.95 bits per heavy atom. The van der Waals surface area contributed by atoms with Crippen LogP contribution in [-0.4, -0.2) is 18.7 Å². The van der Waals surface area contributed by atoms with Crippen LogP contribution in [0.15, 0.2) is 30.3 Å². The van der Waals surface area contributed by atoms with Crippen molar-refractivity contribution in [3.8, 4) is 11.5 Å². The number of hydrogen-bond acceptors (Lipinski definition) is 4. The molecular formula is C17H20N2O2. The number of aromatic nitrogens is 1. The first kappa shape index (κ1) is 13.7. The molecule has 0 bridgehead atoms. The van der Waals surface area contributed by atoms with E-state index in [1.54, 1.807) is 7.11 Å². The molecule has 0 amide bonds. The van der Waals surface area contributed by atoms with Gasteiger partial charge in [-0.1, -0.05) is 18.2 Å². The zero-order valence-corrected chi connectivity index (χ0v) is 12.4. The first-order chi connectivity index (χ1) is 10.2. The molecule has 1 aromatic heterocycles. The normalized spacial score (nSPS) is 17.0. The zero-order chi connectivity index (χ0) is 14.8. The summed E-state index contributed by atoms with van der Waals surface area (Å²) in [4.78, 5) is 4.33. The van der Waals surface area contributed by atoms with Gasteiger partial charge in [0, 0.05) is 11.6 Å². The quantitative estimate of drug-likeness (QED) is 0.941. The second-order valence-corrected chi connectivity index (χ2v) is 5.53. The van der Waals surface area contributed by atoms with Crippen molar-refractivity contribution in [3.63, 3.8) is 0 Å². The Kier molecular flexibility index (Phi) is 3.69. The van der Waals surface area contributed by atoms with E-state index in [0.29, 0.717) is 18.3 Å². The summed E-state index contributed by atoms with van der Waals surface area (Å²) in [6.07, 6.45) is 1.86. The third-order valence-electron chi connectivity index (χ3n) is 3.91. The van der Waals surface area contributed by atoms with Crippen molar-refractivity contribution < 1.29 is 9.47 Å². The van der Waals surface area contributed by atoms with Crippen LogP contribution in [0.2, 0.25) is 0 Å². The van der Waals surface area contributed by atoms with E-state index in [-0.39, 0.29) is 0 Å². The predicted molar refractivity (Wildman–Crippen MR) is 82.8 cm³/mol. The number of ether oxygens (including phenoxy) is 2. The highest BCUT2D eigenvalue weighted by Gasteiger charge is 2.23. The van der Waals surface area contributed by atoms with Crippen LogP contribution in [0.25, 0.3) is 0 Å². The van der Waals surface area contributed by atoms with Crippen molar-refractivity contribution in [1.29, 1.82) is 0 Å². The number of rotatable bonds is 3. The Bertz CT molecular complexity index is 655. The first-order valence-electron chi connectivity index (χ1n) is 7.18. The van der Waals surface area contributed by atoms with Gasteiger partial charge in [-0.05, 0) is 43.0 Å². The number of nitrogens with zero attached hydrogens (tertiary/aromatic N) is 1. The molecule has 4 nitrogen and oxygen atoms in total. The molecule has 1 unspecified atom stereocenters. The summed E-state index contributed by atoms with van der Waals surface area (Å²) in [5, 5.41) is 0. The predicted octanol–water partition coefficient (Wildman–Crippen LogP) is 2.77. The van der Waals surface area contributed by atoms with Crippen molar-refractivity contribution in [3.05, 3.63) is 47.2 Å². The number of anilines is 1. The summed E-state index contributed by atoms with van der Waals surface area (Å²) in [5.41, 5.74) is 9.25. The minimum atomic E-state index is 0.413. The van der Waals surface area contributed by atoms with E-state index in [1.165, 1.54) is 5.56 Å². The van der Waals surface area contributed by atoms with E-state index in [9.17, 15) is 0 Å². The molecule has 2 aromatic rings. The number of benzene rings is 1. The average Bonchev–Trinajstić information content (AvgIpc) is 2.49. The molecule has 21 heavy (non-hydrogen) atoms. The topological polar surface area (TPSA) is 57.4 Å². The molecule has 1 aliphatic rings. The second kappa shape index (κ2) is 5.64. The van der Waals surface area contributed by atoms with Crippen LogP contribution >= 0.6 is 0 Å². The van der Waals surface area contributed by atoms with Gasteiger partial charge in [0.05, 0.1) is 13.7 Å². The molecule has 0 aliphatic carbocycles. The Balaban J connectivity index is 1.77. The van der Waals surface area contributed by atoms with Gasteiger partial charge in [-0.2, -0.15) is 0 Å². The molecule has 0 fully saturated rings. The number of para-hydroxylation sites is 1. The monoisotopic (exact) mass is 284 g/mol. The van der Waals surface area contributed by atoms with Crippen molar-refractivity contribution in [2.45, 2.75) is 19.8 Å². The third kappa shape index (κ3) is 2.79. The van der Waals surface area contributed by atoms with Crippen molar-refractivity contribution in [2.75, 3.05) is 19.5 Å². The fourth-order valence-corrected chi connectivity index (χ4v) is 2.84. The molecule has 3 rings (SSSR count). The molecule has 0 saturated heterocycles. The van der Waals surface area contributed by atoms with E-state index < -0.39 is 0 Å². The summed E-state index contributed by atoms with van der Waals surface area (Å²) in [6, 6.07) is 10.1. The number of aryl methyl sites for hydroxylation is 1. The van der Waals surface area contributed by atoms with Crippen LogP contribution in [0.5, 0.6) is 11.5 Å². The lowest BCUT2D eigenvalue weighted by atomic mass is 9.91. The SMILES string of the molecule is COc1cccc2c1OCC(Cc1ccc(C)nc1N)C2. The summed E-state index contributed by atoms with van der Waals surface area (Å²) < 4.78 is 11.3. The van der Waals surface area contributed by atoms with Gasteiger partial charge in [-0.15, -0.1) is 0 Å². The largest absolute Gasteiger partial charge is 0.493 e. The summed E-state index contributed by atoms with van der Waals surface area (Å²) >= 11 is 0. The Labute approximate surface area is 124 Å². The minimum absolute atomic E-state index is 0.413. The fourth-order valence-electron chi connectivity index (χ4n) is 2.84. The first-order valence-corrected chi connectivity index (χ1v) is 7.18. The van der Waals surface area contributed by atoms with Gasteiger partial charge in [0.25, 0.3) is 0 Å². The van der Waals surface area contributed by atoms with E-state index in [0.717, 1.165) is 35.6 Å². The summed E-state index contributed by atoms with van der Waals surface area (Å²) in [6.45, 7) is 2.63. The number of fused-ring (bicyclic) bond motifs is 1. The van der Waals surface area contributed by atoms with Crippen LogP contribution in [0, 0.1) is 12.8 Å². The van der Waals surface area contributed by atoms with E-state index in [2.05, 4.69) is 17.1 Å². The Morgan fingerprint density at radius 2 is 2.19 bits per heavy atom. The van der Waals surface area contributed by atoms with Gasteiger partial charge in [0.2, 0.25) is 0 Å². The highest BCUT2D eigenvalue weighted by Crippen LogP contribution is 2.36. The number of hydrogen-bond donors (Lipinski definition) is 1. The average molecular weight is 284 g/mol. The number of pyridine rings is 1. The van der Waals surface area contributed by atoms with Crippen LogP contribution in [0.3, 0.4) is 0 Å². The van der Waals surface area contributed by atoms with Crippen molar-refractivity contribution in [1.82, 2.24) is 4.98 Å². The van der Waals surface area contributed by atoms with Gasteiger partial charge in [0.15, 0.2) is 11.5 Å². The number of nitrogen functional groups attached to an aromatic ring is 1. The molecule has 0 spiro atoms. The summed E-state index contributed by atoms with van der Waals surface area (Å²) in [5.74, 6) is 2.73. The van der Waals surface area contributed by atoms with Gasteiger partial charge >= 0.3 is 0 Å².